The normalized spacial score (nSPS) is 19.5. The second kappa shape index (κ2) is 13.3. The van der Waals surface area contributed by atoms with Crippen LogP contribution in [0.1, 0.15) is 57.4 Å². The molecule has 1 heterocycles. The number of carbonyl (C=O) groups is 2. The van der Waals surface area contributed by atoms with Gasteiger partial charge in [0.05, 0.1) is 18.0 Å². The van der Waals surface area contributed by atoms with E-state index in [1.165, 1.54) is 0 Å². The van der Waals surface area contributed by atoms with Gasteiger partial charge in [0.1, 0.15) is 11.9 Å². The van der Waals surface area contributed by atoms with Crippen molar-refractivity contribution in [3.05, 3.63) is 76.4 Å². The average Bonchev–Trinajstić information content (AvgIpc) is 3.43. The van der Waals surface area contributed by atoms with Crippen molar-refractivity contribution in [2.75, 3.05) is 54.9 Å². The lowest BCUT2D eigenvalue weighted by Crippen LogP contribution is -2.47. The Hall–Kier alpha value is -4.36. The molecule has 0 radical (unpaired) electrons. The number of rotatable bonds is 10. The SMILES string of the molecule is C=C(c1ccc2c(c1)CCc1cc(C(=O)N(C)C)ccc1C2(CCNCC(=O)N1CCCC1C#N)/C(N)=N/NC)N(C)C. The van der Waals surface area contributed by atoms with Gasteiger partial charge in [-0.25, -0.2) is 0 Å². The molecule has 4 N–H and O–H groups in total. The maximum absolute atomic E-state index is 13.0. The minimum Gasteiger partial charge on any atom is -0.385 e. The summed E-state index contributed by atoms with van der Waals surface area (Å²) in [6.07, 6.45) is 3.56. The number of carbonyl (C=O) groups excluding carboxylic acids is 2. The molecular formula is C33H44N8O2. The number of aryl methyl sites for hydroxylation is 2. The van der Waals surface area contributed by atoms with E-state index in [-0.39, 0.29) is 24.4 Å². The predicted octanol–water partition coefficient (Wildman–Crippen LogP) is 2.29. The summed E-state index contributed by atoms with van der Waals surface area (Å²) in [4.78, 5) is 31.1. The molecule has 2 aromatic rings. The zero-order valence-corrected chi connectivity index (χ0v) is 26.0. The fourth-order valence-corrected chi connectivity index (χ4v) is 6.34. The van der Waals surface area contributed by atoms with Crippen LogP contribution in [0.2, 0.25) is 0 Å². The number of hydrazone groups is 1. The maximum atomic E-state index is 13.0. The summed E-state index contributed by atoms with van der Waals surface area (Å²) in [6.45, 7) is 5.48. The van der Waals surface area contributed by atoms with Crippen molar-refractivity contribution in [2.24, 2.45) is 10.8 Å². The molecule has 1 aliphatic carbocycles. The lowest BCUT2D eigenvalue weighted by atomic mass is 9.68. The first-order chi connectivity index (χ1) is 20.5. The minimum atomic E-state index is -0.833. The van der Waals surface area contributed by atoms with Crippen LogP contribution < -0.4 is 16.5 Å². The Balaban J connectivity index is 1.79. The lowest BCUT2D eigenvalue weighted by Gasteiger charge is -2.36. The third kappa shape index (κ3) is 6.22. The smallest absolute Gasteiger partial charge is 0.253 e. The van der Waals surface area contributed by atoms with Crippen molar-refractivity contribution in [1.29, 1.82) is 5.26 Å². The van der Waals surface area contributed by atoms with Crippen molar-refractivity contribution in [2.45, 2.75) is 43.6 Å². The Morgan fingerprint density at radius 1 is 1.09 bits per heavy atom. The highest BCUT2D eigenvalue weighted by Crippen LogP contribution is 2.43. The Bertz CT molecular complexity index is 1380. The molecule has 228 valence electrons. The van der Waals surface area contributed by atoms with Gasteiger partial charge in [-0.2, -0.15) is 10.4 Å². The number of amides is 2. The summed E-state index contributed by atoms with van der Waals surface area (Å²) in [5.74, 6) is 0.271. The van der Waals surface area contributed by atoms with Crippen LogP contribution in [0.5, 0.6) is 0 Å². The number of amidine groups is 1. The summed E-state index contributed by atoms with van der Waals surface area (Å²) in [6, 6.07) is 14.1. The van der Waals surface area contributed by atoms with E-state index in [0.29, 0.717) is 30.9 Å². The number of fused-ring (bicyclic) bond motifs is 2. The third-order valence-electron chi connectivity index (χ3n) is 8.66. The highest BCUT2D eigenvalue weighted by molar-refractivity contribution is 5.98. The van der Waals surface area contributed by atoms with E-state index >= 15 is 0 Å². The average molecular weight is 585 g/mol. The quantitative estimate of drug-likeness (QED) is 0.169. The van der Waals surface area contributed by atoms with Crippen LogP contribution in [0.25, 0.3) is 5.70 Å². The highest BCUT2D eigenvalue weighted by Gasteiger charge is 2.43. The lowest BCUT2D eigenvalue weighted by molar-refractivity contribution is -0.130. The van der Waals surface area contributed by atoms with E-state index in [9.17, 15) is 14.9 Å². The molecular weight excluding hydrogens is 540 g/mol. The van der Waals surface area contributed by atoms with Gasteiger partial charge in [-0.05, 0) is 84.7 Å². The van der Waals surface area contributed by atoms with Gasteiger partial charge in [0.2, 0.25) is 5.91 Å². The van der Waals surface area contributed by atoms with Crippen LogP contribution >= 0.6 is 0 Å². The van der Waals surface area contributed by atoms with E-state index in [2.05, 4.69) is 46.7 Å². The molecule has 2 aromatic carbocycles. The van der Waals surface area contributed by atoms with Crippen LogP contribution in [0, 0.1) is 11.3 Å². The standard InChI is InChI=1S/C33H44N8O2/c1-22(39(3)4)23-11-13-28-24(18-23)9-10-25-19-26(31(43)40(5)6)12-14-29(25)33(28,32(35)38-36-2)15-16-37-21-30(42)41-17-7-8-27(41)20-34/h11-14,18-19,27,36-37H,1,7-10,15-17,21H2,2-6H3,(H2,35,38). The van der Waals surface area contributed by atoms with Crippen molar-refractivity contribution in [1.82, 2.24) is 25.4 Å². The van der Waals surface area contributed by atoms with Crippen LogP contribution in [0.4, 0.5) is 0 Å². The first-order valence-corrected chi connectivity index (χ1v) is 14.8. The summed E-state index contributed by atoms with van der Waals surface area (Å²) >= 11 is 0. The van der Waals surface area contributed by atoms with E-state index < -0.39 is 5.41 Å². The molecule has 1 aliphatic heterocycles. The van der Waals surface area contributed by atoms with Gasteiger partial charge >= 0.3 is 0 Å². The monoisotopic (exact) mass is 584 g/mol. The maximum Gasteiger partial charge on any atom is 0.253 e. The van der Waals surface area contributed by atoms with Crippen molar-refractivity contribution in [3.63, 3.8) is 0 Å². The van der Waals surface area contributed by atoms with Crippen molar-refractivity contribution < 1.29 is 9.59 Å². The van der Waals surface area contributed by atoms with Crippen LogP contribution in [-0.2, 0) is 23.1 Å². The zero-order valence-electron chi connectivity index (χ0n) is 26.0. The number of hydrogen-bond acceptors (Lipinski definition) is 7. The Labute approximate surface area is 255 Å². The first kappa shape index (κ1) is 31.6. The van der Waals surface area contributed by atoms with Crippen LogP contribution in [0.3, 0.4) is 0 Å². The van der Waals surface area contributed by atoms with Crippen molar-refractivity contribution >= 4 is 23.3 Å². The zero-order chi connectivity index (χ0) is 31.3. The molecule has 1 fully saturated rings. The number of hydrogen-bond donors (Lipinski definition) is 3. The second-order valence-corrected chi connectivity index (χ2v) is 11.7. The summed E-state index contributed by atoms with van der Waals surface area (Å²) < 4.78 is 0. The van der Waals surface area contributed by atoms with Gasteiger partial charge in [0.25, 0.3) is 5.91 Å². The number of nitriles is 1. The van der Waals surface area contributed by atoms with Crippen molar-refractivity contribution in [3.8, 4) is 6.07 Å². The summed E-state index contributed by atoms with van der Waals surface area (Å²) in [7, 11) is 9.17. The van der Waals surface area contributed by atoms with Gasteiger partial charge in [0.15, 0.2) is 0 Å². The summed E-state index contributed by atoms with van der Waals surface area (Å²) in [5, 5.41) is 17.3. The first-order valence-electron chi connectivity index (χ1n) is 14.8. The molecule has 4 rings (SSSR count). The van der Waals surface area contributed by atoms with E-state index in [4.69, 9.17) is 5.73 Å². The van der Waals surface area contributed by atoms with Crippen LogP contribution in [0.15, 0.2) is 48.1 Å². The highest BCUT2D eigenvalue weighted by atomic mass is 16.2. The van der Waals surface area contributed by atoms with E-state index in [1.807, 2.05) is 37.2 Å². The number of nitrogens with two attached hydrogens (primary N) is 1. The Morgan fingerprint density at radius 2 is 1.72 bits per heavy atom. The molecule has 2 aliphatic rings. The third-order valence-corrected chi connectivity index (χ3v) is 8.66. The van der Waals surface area contributed by atoms with Gasteiger partial charge in [-0.1, -0.05) is 24.8 Å². The molecule has 2 amide bonds. The molecule has 0 bridgehead atoms. The largest absolute Gasteiger partial charge is 0.385 e. The Kier molecular flexibility index (Phi) is 9.77. The molecule has 43 heavy (non-hydrogen) atoms. The molecule has 10 nitrogen and oxygen atoms in total. The van der Waals surface area contributed by atoms with Gasteiger partial charge in [0, 0.05) is 53.0 Å². The molecule has 1 saturated heterocycles. The number of nitrogens with one attached hydrogen (secondary N) is 2. The Morgan fingerprint density at radius 3 is 2.30 bits per heavy atom. The molecule has 10 heteroatoms. The molecule has 0 spiro atoms. The second-order valence-electron chi connectivity index (χ2n) is 11.7. The minimum absolute atomic E-state index is 0.0608. The molecule has 2 unspecified atom stereocenters. The molecule has 2 atom stereocenters. The van der Waals surface area contributed by atoms with Gasteiger partial charge in [-0.3, -0.25) is 9.59 Å². The number of benzene rings is 2. The van der Waals surface area contributed by atoms with Crippen LogP contribution in [-0.4, -0.2) is 93.3 Å². The fraction of sp³-hybridized carbons (Fsp3) is 0.455. The molecule has 0 aromatic heterocycles. The number of likely N-dealkylation sites (tertiary alicyclic amines) is 1. The van der Waals surface area contributed by atoms with Gasteiger partial charge < -0.3 is 31.2 Å². The predicted molar refractivity (Wildman–Crippen MR) is 170 cm³/mol. The number of nitrogens with zero attached hydrogens (tertiary/aromatic N) is 5. The van der Waals surface area contributed by atoms with E-state index in [1.54, 1.807) is 30.9 Å². The van der Waals surface area contributed by atoms with Gasteiger partial charge in [-0.15, -0.1) is 0 Å². The summed E-state index contributed by atoms with van der Waals surface area (Å²) in [5.41, 5.74) is 15.7. The molecule has 0 saturated carbocycles. The fourth-order valence-electron chi connectivity index (χ4n) is 6.34. The van der Waals surface area contributed by atoms with E-state index in [0.717, 1.165) is 59.2 Å². The topological polar surface area (TPSA) is 130 Å².